The minimum Gasteiger partial charge on any atom is -0.466 e. The molecule has 0 aromatic rings. The van der Waals surface area contributed by atoms with Crippen molar-refractivity contribution in [3.05, 3.63) is 0 Å². The Labute approximate surface area is 166 Å². The van der Waals surface area contributed by atoms with E-state index in [0.717, 1.165) is 0 Å². The zero-order valence-corrected chi connectivity index (χ0v) is 17.0. The minimum absolute atomic E-state index is 0.193. The molecule has 2 N–H and O–H groups in total. The lowest BCUT2D eigenvalue weighted by Crippen LogP contribution is -2.16. The van der Waals surface area contributed by atoms with Gasteiger partial charge < -0.3 is 14.7 Å². The molecule has 0 aromatic heterocycles. The molecular formula is C12H22BN2O11S2. The molecule has 0 spiro atoms. The van der Waals surface area contributed by atoms with Gasteiger partial charge >= 0.3 is 33.2 Å². The van der Waals surface area contributed by atoms with Crippen LogP contribution in [0, 0.1) is 11.3 Å². The van der Waals surface area contributed by atoms with Crippen molar-refractivity contribution in [2.45, 2.75) is 39.4 Å². The standard InChI is InChI=1S/C6H13BNO3.C6H9NO2.2O3S/c1-2-11-6(9)3-4-7-5-8-10;1-2-9-6(8)4-3-5-7;2*1-4(2)3/h8,10H,2-5H2,1H3;2-4H2,1H3;;. The van der Waals surface area contributed by atoms with Gasteiger partial charge in [-0.05, 0) is 20.3 Å². The van der Waals surface area contributed by atoms with E-state index in [2.05, 4.69) is 9.47 Å². The number of hydroxylamine groups is 1. The molecule has 0 aliphatic carbocycles. The molecule has 1 radical (unpaired) electrons. The second-order valence-electron chi connectivity index (χ2n) is 3.87. The normalized spacial score (nSPS) is 7.93. The predicted molar refractivity (Wildman–Crippen MR) is 92.5 cm³/mol. The lowest BCUT2D eigenvalue weighted by Gasteiger charge is -1.99. The van der Waals surface area contributed by atoms with E-state index in [-0.39, 0.29) is 24.8 Å². The Balaban J connectivity index is -0.000000151. The summed E-state index contributed by atoms with van der Waals surface area (Å²) in [6, 6.07) is 1.86. The van der Waals surface area contributed by atoms with Gasteiger partial charge in [0.05, 0.1) is 25.7 Å². The van der Waals surface area contributed by atoms with Gasteiger partial charge in [-0.2, -0.15) is 5.26 Å². The number of carbonyl (C=O) groups excluding carboxylic acids is 2. The smallest absolute Gasteiger partial charge is 0.425 e. The van der Waals surface area contributed by atoms with Crippen LogP contribution in [0.3, 0.4) is 0 Å². The summed E-state index contributed by atoms with van der Waals surface area (Å²) < 4.78 is 59.9. The number of hydrogen-bond donors (Lipinski definition) is 2. The van der Waals surface area contributed by atoms with Gasteiger partial charge in [-0.1, -0.05) is 6.32 Å². The first kappa shape index (κ1) is 33.3. The first-order chi connectivity index (χ1) is 13.1. The highest BCUT2D eigenvalue weighted by Crippen LogP contribution is 1.91. The van der Waals surface area contributed by atoms with E-state index in [9.17, 15) is 9.59 Å². The summed E-state index contributed by atoms with van der Waals surface area (Å²) in [6.45, 7) is 4.34. The molecule has 13 nitrogen and oxygen atoms in total. The summed E-state index contributed by atoms with van der Waals surface area (Å²) >= 11 is 0. The van der Waals surface area contributed by atoms with E-state index in [1.165, 1.54) is 0 Å². The highest BCUT2D eigenvalue weighted by Gasteiger charge is 2.00. The van der Waals surface area contributed by atoms with Crippen molar-refractivity contribution in [2.75, 3.05) is 19.7 Å². The fourth-order valence-corrected chi connectivity index (χ4v) is 1.01. The molecule has 0 aliphatic rings. The van der Waals surface area contributed by atoms with Gasteiger partial charge in [0, 0.05) is 12.8 Å². The van der Waals surface area contributed by atoms with Gasteiger partial charge in [0.25, 0.3) is 0 Å². The number of esters is 2. The second-order valence-corrected chi connectivity index (χ2v) is 4.68. The van der Waals surface area contributed by atoms with Crippen molar-refractivity contribution in [3.63, 3.8) is 0 Å². The number of nitriles is 1. The third-order valence-corrected chi connectivity index (χ3v) is 1.84. The molecule has 0 bridgehead atoms. The van der Waals surface area contributed by atoms with E-state index < -0.39 is 21.2 Å². The predicted octanol–water partition coefficient (Wildman–Crippen LogP) is -1.16. The summed E-state index contributed by atoms with van der Waals surface area (Å²) in [4.78, 5) is 21.1. The number of nitrogens with zero attached hydrogens (tertiary/aromatic N) is 1. The van der Waals surface area contributed by atoms with Crippen LogP contribution in [-0.4, -0.2) is 69.3 Å². The van der Waals surface area contributed by atoms with Gasteiger partial charge in [0.15, 0.2) is 0 Å². The maximum Gasteiger partial charge on any atom is 0.425 e. The van der Waals surface area contributed by atoms with Crippen LogP contribution in [0.5, 0.6) is 0 Å². The Hall–Kier alpha value is -2.35. The lowest BCUT2D eigenvalue weighted by molar-refractivity contribution is -0.143. The van der Waals surface area contributed by atoms with Crippen LogP contribution < -0.4 is 5.48 Å². The van der Waals surface area contributed by atoms with Gasteiger partial charge in [-0.25, -0.2) is 5.48 Å². The molecule has 0 unspecified atom stereocenters. The van der Waals surface area contributed by atoms with E-state index in [1.807, 2.05) is 11.5 Å². The average molecular weight is 445 g/mol. The SMILES string of the molecule is CCOC(=O)CCC#N.CCOC(=O)CC[B]CNO.O=S(=O)=O.O=S(=O)=O. The summed E-state index contributed by atoms with van der Waals surface area (Å²) in [7, 11) is -4.45. The van der Waals surface area contributed by atoms with Gasteiger partial charge in [0.2, 0.25) is 0 Å². The Kier molecular flexibility index (Phi) is 34.9. The zero-order valence-electron chi connectivity index (χ0n) is 15.3. The molecule has 0 saturated heterocycles. The lowest BCUT2D eigenvalue weighted by atomic mass is 9.74. The van der Waals surface area contributed by atoms with Crippen molar-refractivity contribution >= 4 is 40.4 Å². The number of rotatable bonds is 9. The second kappa shape index (κ2) is 29.4. The average Bonchev–Trinajstić information content (AvgIpc) is 2.57. The molecule has 0 saturated carbocycles. The number of nitrogens with one attached hydrogen (secondary N) is 1. The largest absolute Gasteiger partial charge is 0.466 e. The number of ether oxygens (including phenoxy) is 2. The Morgan fingerprint density at radius 3 is 1.68 bits per heavy atom. The third-order valence-electron chi connectivity index (χ3n) is 1.84. The first-order valence-electron chi connectivity index (χ1n) is 7.49. The molecule has 0 fully saturated rings. The van der Waals surface area contributed by atoms with Crippen LogP contribution in [0.25, 0.3) is 0 Å². The maximum absolute atomic E-state index is 10.7. The van der Waals surface area contributed by atoms with Crippen LogP contribution in [-0.2, 0) is 40.3 Å². The van der Waals surface area contributed by atoms with E-state index in [0.29, 0.717) is 32.4 Å². The molecule has 0 amide bonds. The Morgan fingerprint density at radius 1 is 0.964 bits per heavy atom. The van der Waals surface area contributed by atoms with Gasteiger partial charge in [0.1, 0.15) is 7.28 Å². The first-order valence-corrected chi connectivity index (χ1v) is 9.49. The molecule has 0 aromatic carbocycles. The van der Waals surface area contributed by atoms with Crippen LogP contribution in [0.2, 0.25) is 6.32 Å². The van der Waals surface area contributed by atoms with Crippen LogP contribution in [0.15, 0.2) is 0 Å². The molecule has 0 heterocycles. The van der Waals surface area contributed by atoms with E-state index in [4.69, 9.17) is 35.7 Å². The highest BCUT2D eigenvalue weighted by atomic mass is 32.2. The van der Waals surface area contributed by atoms with Crippen LogP contribution >= 0.6 is 0 Å². The van der Waals surface area contributed by atoms with Crippen molar-refractivity contribution in [1.82, 2.24) is 5.48 Å². The number of carbonyl (C=O) groups is 2. The molecular weight excluding hydrogens is 423 g/mol. The molecule has 0 aliphatic heterocycles. The monoisotopic (exact) mass is 445 g/mol. The third kappa shape index (κ3) is 65.1. The summed E-state index contributed by atoms with van der Waals surface area (Å²) in [5, 5.41) is 16.2. The van der Waals surface area contributed by atoms with Crippen LogP contribution in [0.4, 0.5) is 0 Å². The Bertz CT molecular complexity index is 601. The Morgan fingerprint density at radius 2 is 1.36 bits per heavy atom. The van der Waals surface area contributed by atoms with Crippen molar-refractivity contribution in [3.8, 4) is 6.07 Å². The zero-order chi connectivity index (χ0) is 22.8. The van der Waals surface area contributed by atoms with Crippen molar-refractivity contribution in [1.29, 1.82) is 5.26 Å². The van der Waals surface area contributed by atoms with Crippen molar-refractivity contribution < 1.29 is 49.5 Å². The minimum atomic E-state index is -3.11. The summed E-state index contributed by atoms with van der Waals surface area (Å²) in [5.74, 6) is -0.485. The highest BCUT2D eigenvalue weighted by molar-refractivity contribution is 7.59. The molecule has 16 heteroatoms. The molecule has 0 atom stereocenters. The molecule has 161 valence electrons. The van der Waals surface area contributed by atoms with E-state index in [1.54, 1.807) is 21.1 Å². The molecule has 0 rings (SSSR count). The fourth-order valence-electron chi connectivity index (χ4n) is 1.01. The van der Waals surface area contributed by atoms with Gasteiger partial charge in [-0.15, -0.1) is 25.3 Å². The summed E-state index contributed by atoms with van der Waals surface area (Å²) in [5.41, 5.74) is 1.97. The molecule has 28 heavy (non-hydrogen) atoms. The fraction of sp³-hybridized carbons (Fsp3) is 0.750. The van der Waals surface area contributed by atoms with Crippen LogP contribution in [0.1, 0.15) is 33.1 Å². The topological polar surface area (TPSA) is 211 Å². The van der Waals surface area contributed by atoms with Gasteiger partial charge in [-0.3, -0.25) is 9.59 Å². The maximum atomic E-state index is 10.7. The van der Waals surface area contributed by atoms with Crippen molar-refractivity contribution in [2.24, 2.45) is 0 Å². The van der Waals surface area contributed by atoms with E-state index >= 15 is 0 Å². The number of hydrogen-bond acceptors (Lipinski definition) is 13. The quantitative estimate of drug-likeness (QED) is 0.186. The summed E-state index contributed by atoms with van der Waals surface area (Å²) in [6.07, 6.45) is 1.88.